The van der Waals surface area contributed by atoms with Crippen LogP contribution in [0.4, 0.5) is 0 Å². The molecule has 0 aromatic carbocycles. The van der Waals surface area contributed by atoms with E-state index in [9.17, 15) is 4.79 Å². The van der Waals surface area contributed by atoms with Crippen LogP contribution in [0.25, 0.3) is 0 Å². The van der Waals surface area contributed by atoms with Crippen molar-refractivity contribution in [2.24, 2.45) is 11.3 Å². The SMILES string of the molecule is CCN(C)C(=O)CNCC1(C2CC2)CC1. The Morgan fingerprint density at radius 1 is 1.47 bits per heavy atom. The molecule has 2 aliphatic rings. The fraction of sp³-hybridized carbons (Fsp3) is 0.917. The highest BCUT2D eigenvalue weighted by molar-refractivity contribution is 5.77. The quantitative estimate of drug-likeness (QED) is 0.715. The van der Waals surface area contributed by atoms with E-state index in [0.29, 0.717) is 12.0 Å². The van der Waals surface area contributed by atoms with Gasteiger partial charge in [0.25, 0.3) is 0 Å². The van der Waals surface area contributed by atoms with Gasteiger partial charge in [-0.15, -0.1) is 0 Å². The van der Waals surface area contributed by atoms with Crippen LogP contribution in [0.5, 0.6) is 0 Å². The minimum atomic E-state index is 0.212. The van der Waals surface area contributed by atoms with Crippen molar-refractivity contribution in [2.75, 3.05) is 26.7 Å². The van der Waals surface area contributed by atoms with Crippen molar-refractivity contribution >= 4 is 5.91 Å². The van der Waals surface area contributed by atoms with Crippen molar-refractivity contribution < 1.29 is 4.79 Å². The van der Waals surface area contributed by atoms with Gasteiger partial charge in [0.2, 0.25) is 5.91 Å². The summed E-state index contributed by atoms with van der Waals surface area (Å²) in [7, 11) is 1.86. The fourth-order valence-electron chi connectivity index (χ4n) is 2.32. The first kappa shape index (κ1) is 10.9. The lowest BCUT2D eigenvalue weighted by molar-refractivity contribution is -0.128. The summed E-state index contributed by atoms with van der Waals surface area (Å²) in [6.45, 7) is 4.37. The van der Waals surface area contributed by atoms with E-state index in [-0.39, 0.29) is 5.91 Å². The number of hydrogen-bond donors (Lipinski definition) is 1. The minimum Gasteiger partial charge on any atom is -0.345 e. The Bertz CT molecular complexity index is 244. The standard InChI is InChI=1S/C12H22N2O/c1-3-14(2)11(15)8-13-9-12(6-7-12)10-4-5-10/h10,13H,3-9H2,1-2H3. The molecule has 3 nitrogen and oxygen atoms in total. The van der Waals surface area contributed by atoms with Crippen LogP contribution in [0.3, 0.4) is 0 Å². The number of nitrogens with one attached hydrogen (secondary N) is 1. The topological polar surface area (TPSA) is 32.3 Å². The van der Waals surface area contributed by atoms with Gasteiger partial charge in [0.1, 0.15) is 0 Å². The molecule has 0 radical (unpaired) electrons. The summed E-state index contributed by atoms with van der Waals surface area (Å²) in [6.07, 6.45) is 5.60. The Morgan fingerprint density at radius 3 is 2.60 bits per heavy atom. The molecule has 86 valence electrons. The van der Waals surface area contributed by atoms with E-state index >= 15 is 0 Å². The predicted molar refractivity (Wildman–Crippen MR) is 60.6 cm³/mol. The Kier molecular flexibility index (Phi) is 3.01. The van der Waals surface area contributed by atoms with Crippen LogP contribution in [0, 0.1) is 11.3 Å². The smallest absolute Gasteiger partial charge is 0.236 e. The zero-order valence-electron chi connectivity index (χ0n) is 9.88. The molecule has 0 aliphatic heterocycles. The molecule has 0 aromatic heterocycles. The normalized spacial score (nSPS) is 22.5. The van der Waals surface area contributed by atoms with Crippen molar-refractivity contribution in [1.29, 1.82) is 0 Å². The molecule has 2 saturated carbocycles. The molecular weight excluding hydrogens is 188 g/mol. The summed E-state index contributed by atoms with van der Waals surface area (Å²) in [5.74, 6) is 1.19. The van der Waals surface area contributed by atoms with Gasteiger partial charge in [0, 0.05) is 20.1 Å². The second kappa shape index (κ2) is 4.12. The first-order valence-electron chi connectivity index (χ1n) is 6.12. The van der Waals surface area contributed by atoms with E-state index in [1.165, 1.54) is 25.7 Å². The molecule has 3 heteroatoms. The van der Waals surface area contributed by atoms with Crippen LogP contribution in [0.1, 0.15) is 32.6 Å². The molecule has 2 fully saturated rings. The highest BCUT2D eigenvalue weighted by atomic mass is 16.2. The van der Waals surface area contributed by atoms with Crippen molar-refractivity contribution in [3.05, 3.63) is 0 Å². The van der Waals surface area contributed by atoms with E-state index in [2.05, 4.69) is 5.32 Å². The molecule has 1 N–H and O–H groups in total. The summed E-state index contributed by atoms with van der Waals surface area (Å²) >= 11 is 0. The minimum absolute atomic E-state index is 0.212. The van der Waals surface area contributed by atoms with Crippen molar-refractivity contribution in [3.8, 4) is 0 Å². The van der Waals surface area contributed by atoms with Gasteiger partial charge in [-0.05, 0) is 43.9 Å². The maximum atomic E-state index is 11.5. The molecule has 15 heavy (non-hydrogen) atoms. The highest BCUT2D eigenvalue weighted by Crippen LogP contribution is 2.60. The first-order valence-corrected chi connectivity index (χ1v) is 6.12. The Balaban J connectivity index is 1.64. The van der Waals surface area contributed by atoms with E-state index in [0.717, 1.165) is 19.0 Å². The molecule has 2 aliphatic carbocycles. The highest BCUT2D eigenvalue weighted by Gasteiger charge is 2.53. The molecule has 2 rings (SSSR count). The fourth-order valence-corrected chi connectivity index (χ4v) is 2.32. The molecule has 0 spiro atoms. The average molecular weight is 210 g/mol. The van der Waals surface area contributed by atoms with Gasteiger partial charge >= 0.3 is 0 Å². The van der Waals surface area contributed by atoms with Gasteiger partial charge in [-0.1, -0.05) is 0 Å². The molecule has 0 saturated heterocycles. The summed E-state index contributed by atoms with van der Waals surface area (Å²) in [4.78, 5) is 13.3. The third kappa shape index (κ3) is 2.51. The van der Waals surface area contributed by atoms with Crippen molar-refractivity contribution in [3.63, 3.8) is 0 Å². The van der Waals surface area contributed by atoms with Gasteiger partial charge in [0.05, 0.1) is 6.54 Å². The molecule has 0 aromatic rings. The second-order valence-corrected chi connectivity index (χ2v) is 5.15. The predicted octanol–water partition coefficient (Wildman–Crippen LogP) is 1.24. The van der Waals surface area contributed by atoms with Crippen molar-refractivity contribution in [2.45, 2.75) is 32.6 Å². The van der Waals surface area contributed by atoms with Gasteiger partial charge in [-0.2, -0.15) is 0 Å². The maximum Gasteiger partial charge on any atom is 0.236 e. The Morgan fingerprint density at radius 2 is 2.13 bits per heavy atom. The van der Waals surface area contributed by atoms with Crippen LogP contribution in [0.2, 0.25) is 0 Å². The van der Waals surface area contributed by atoms with Gasteiger partial charge < -0.3 is 10.2 Å². The van der Waals surface area contributed by atoms with E-state index in [4.69, 9.17) is 0 Å². The number of carbonyl (C=O) groups is 1. The molecule has 0 heterocycles. The van der Waals surface area contributed by atoms with E-state index in [1.807, 2.05) is 14.0 Å². The van der Waals surface area contributed by atoms with Gasteiger partial charge in [-0.3, -0.25) is 4.79 Å². The van der Waals surface area contributed by atoms with Crippen LogP contribution in [0.15, 0.2) is 0 Å². The van der Waals surface area contributed by atoms with Gasteiger partial charge in [0.15, 0.2) is 0 Å². The zero-order valence-corrected chi connectivity index (χ0v) is 9.88. The van der Waals surface area contributed by atoms with Crippen LogP contribution in [-0.2, 0) is 4.79 Å². The summed E-state index contributed by atoms with van der Waals surface area (Å²) in [5.41, 5.74) is 0.602. The number of rotatable bonds is 6. The van der Waals surface area contributed by atoms with E-state index in [1.54, 1.807) is 4.90 Å². The lowest BCUT2D eigenvalue weighted by Gasteiger charge is -2.18. The molecule has 0 atom stereocenters. The molecule has 0 unspecified atom stereocenters. The molecule has 0 bridgehead atoms. The lowest BCUT2D eigenvalue weighted by Crippen LogP contribution is -2.37. The lowest BCUT2D eigenvalue weighted by atomic mass is 10.0. The number of carbonyl (C=O) groups excluding carboxylic acids is 1. The number of amides is 1. The van der Waals surface area contributed by atoms with E-state index < -0.39 is 0 Å². The third-order valence-electron chi connectivity index (χ3n) is 3.99. The number of hydrogen-bond acceptors (Lipinski definition) is 2. The van der Waals surface area contributed by atoms with Crippen LogP contribution in [-0.4, -0.2) is 37.5 Å². The first-order chi connectivity index (χ1) is 7.18. The van der Waals surface area contributed by atoms with Crippen molar-refractivity contribution in [1.82, 2.24) is 10.2 Å². The summed E-state index contributed by atoms with van der Waals surface area (Å²) in [6, 6.07) is 0. The number of nitrogens with zero attached hydrogens (tertiary/aromatic N) is 1. The zero-order chi connectivity index (χ0) is 10.9. The molecular formula is C12H22N2O. The Hall–Kier alpha value is -0.570. The van der Waals surface area contributed by atoms with Crippen LogP contribution >= 0.6 is 0 Å². The Labute approximate surface area is 92.2 Å². The number of likely N-dealkylation sites (N-methyl/N-ethyl adjacent to an activating group) is 1. The monoisotopic (exact) mass is 210 g/mol. The average Bonchev–Trinajstić information content (AvgIpc) is 3.06. The summed E-state index contributed by atoms with van der Waals surface area (Å²) < 4.78 is 0. The second-order valence-electron chi connectivity index (χ2n) is 5.15. The third-order valence-corrected chi connectivity index (χ3v) is 3.99. The largest absolute Gasteiger partial charge is 0.345 e. The summed E-state index contributed by atoms with van der Waals surface area (Å²) in [5, 5.41) is 3.33. The van der Waals surface area contributed by atoms with Gasteiger partial charge in [-0.25, -0.2) is 0 Å². The molecule has 1 amide bonds. The van der Waals surface area contributed by atoms with Crippen LogP contribution < -0.4 is 5.32 Å². The maximum absolute atomic E-state index is 11.5.